The van der Waals surface area contributed by atoms with Gasteiger partial charge in [-0.15, -0.1) is 0 Å². The lowest BCUT2D eigenvalue weighted by Gasteiger charge is -1.65. The van der Waals surface area contributed by atoms with E-state index < -0.39 is 0 Å². The Hall–Kier alpha value is 0.0200. The van der Waals surface area contributed by atoms with Gasteiger partial charge in [-0.05, 0) is 11.8 Å². The molecule has 0 atom stereocenters. The molecular formula is C4H7NS+. The van der Waals surface area contributed by atoms with Crippen molar-refractivity contribution >= 4 is 16.8 Å². The van der Waals surface area contributed by atoms with Gasteiger partial charge < -0.3 is 0 Å². The molecule has 0 aromatic carbocycles. The van der Waals surface area contributed by atoms with Crippen molar-refractivity contribution in [2.24, 2.45) is 0 Å². The third-order valence-corrected chi connectivity index (χ3v) is 1.67. The van der Waals surface area contributed by atoms with Crippen LogP contribution >= 0.6 is 11.8 Å². The maximum atomic E-state index is 4.12. The molecule has 0 aromatic heterocycles. The molecule has 0 spiro atoms. The van der Waals surface area contributed by atoms with Crippen LogP contribution in [0, 0.1) is 0 Å². The van der Waals surface area contributed by atoms with Crippen LogP contribution in [-0.4, -0.2) is 17.3 Å². The zero-order valence-corrected chi connectivity index (χ0v) is 4.59. The molecule has 1 aliphatic rings. The van der Waals surface area contributed by atoms with Crippen LogP contribution in [0.4, 0.5) is 0 Å². The fourth-order valence-electron chi connectivity index (χ4n) is 0.442. The Morgan fingerprint density at radius 1 is 1.83 bits per heavy atom. The van der Waals surface area contributed by atoms with Gasteiger partial charge in [-0.25, -0.2) is 0 Å². The lowest BCUT2D eigenvalue weighted by atomic mass is 10.8. The molecule has 0 unspecified atom stereocenters. The van der Waals surface area contributed by atoms with Crippen molar-refractivity contribution in [3.8, 4) is 0 Å². The normalized spacial score (nSPS) is 21.2. The lowest BCUT2D eigenvalue weighted by Crippen LogP contribution is -1.87. The predicted molar refractivity (Wildman–Crippen MR) is 30.1 cm³/mol. The van der Waals surface area contributed by atoms with E-state index in [9.17, 15) is 0 Å². The Labute approximate surface area is 41.8 Å². The Morgan fingerprint density at radius 2 is 2.67 bits per heavy atom. The standard InChI is InChI=1S/C4H7NS/c1-4-5-2-3-6-4/h2-3H2,1H3/q+1. The number of hydrogen-bond donors (Lipinski definition) is 0. The second-order valence-corrected chi connectivity index (χ2v) is 2.54. The number of thioether (sulfide) groups is 1. The Bertz CT molecular complexity index is 77.6. The van der Waals surface area contributed by atoms with Crippen LogP contribution in [0.1, 0.15) is 6.92 Å². The first-order valence-electron chi connectivity index (χ1n) is 2.03. The molecule has 0 N–H and O–H groups in total. The first kappa shape index (κ1) is 4.19. The molecular weight excluding hydrogens is 94.1 g/mol. The molecule has 1 nitrogen and oxygen atoms in total. The summed E-state index contributed by atoms with van der Waals surface area (Å²) in [5.41, 5.74) is 0. The maximum Gasteiger partial charge on any atom is 0.277 e. The van der Waals surface area contributed by atoms with E-state index in [1.165, 1.54) is 10.8 Å². The van der Waals surface area contributed by atoms with Crippen molar-refractivity contribution in [2.45, 2.75) is 6.92 Å². The van der Waals surface area contributed by atoms with Crippen molar-refractivity contribution in [3.63, 3.8) is 0 Å². The summed E-state index contributed by atoms with van der Waals surface area (Å²) in [6.45, 7) is 3.09. The van der Waals surface area contributed by atoms with Gasteiger partial charge in [0, 0.05) is 11.9 Å². The molecule has 33 valence electrons. The Morgan fingerprint density at radius 3 is 2.83 bits per heavy atom. The molecule has 0 amide bonds. The third kappa shape index (κ3) is 0.744. The molecule has 0 aliphatic carbocycles. The molecule has 6 heavy (non-hydrogen) atoms. The molecule has 0 bridgehead atoms. The molecule has 1 radical (unpaired) electrons. The van der Waals surface area contributed by atoms with Crippen LogP contribution in [0.3, 0.4) is 0 Å². The molecule has 0 fully saturated rings. The summed E-state index contributed by atoms with van der Waals surface area (Å²) < 4.78 is 0. The number of aliphatic imine (C=N–C) groups is 1. The van der Waals surface area contributed by atoms with Crippen LogP contribution in [0.15, 0.2) is 0 Å². The zero-order valence-electron chi connectivity index (χ0n) is 3.77. The van der Waals surface area contributed by atoms with E-state index in [-0.39, 0.29) is 0 Å². The van der Waals surface area contributed by atoms with E-state index in [0.717, 1.165) is 6.54 Å². The van der Waals surface area contributed by atoms with Crippen molar-refractivity contribution in [2.75, 3.05) is 12.3 Å². The number of nitrogens with zero attached hydrogens (tertiary/aromatic N) is 1. The Kier molecular flexibility index (Phi) is 1.15. The van der Waals surface area contributed by atoms with Gasteiger partial charge in [0.25, 0.3) is 5.04 Å². The first-order chi connectivity index (χ1) is 2.89. The van der Waals surface area contributed by atoms with Gasteiger partial charge in [-0.2, -0.15) is 0 Å². The van der Waals surface area contributed by atoms with Crippen LogP contribution in [0.25, 0.3) is 0 Å². The van der Waals surface area contributed by atoms with Crippen molar-refractivity contribution in [1.29, 1.82) is 0 Å². The summed E-state index contributed by atoms with van der Waals surface area (Å²) in [6.07, 6.45) is 0. The smallest absolute Gasteiger partial charge is 0.0492 e. The second-order valence-electron chi connectivity index (χ2n) is 1.25. The van der Waals surface area contributed by atoms with Crippen LogP contribution in [0.2, 0.25) is 0 Å². The van der Waals surface area contributed by atoms with Crippen LogP contribution in [0.5, 0.6) is 0 Å². The molecule has 0 saturated heterocycles. The summed E-state index contributed by atoms with van der Waals surface area (Å²) >= 11 is 1.85. The van der Waals surface area contributed by atoms with Crippen molar-refractivity contribution in [3.05, 3.63) is 0 Å². The summed E-state index contributed by atoms with van der Waals surface area (Å²) in [6, 6.07) is 0. The Balaban J connectivity index is 2.45. The first-order valence-corrected chi connectivity index (χ1v) is 3.02. The summed E-state index contributed by atoms with van der Waals surface area (Å²) in [4.78, 5) is 4.12. The van der Waals surface area contributed by atoms with E-state index in [2.05, 4.69) is 11.9 Å². The van der Waals surface area contributed by atoms with Crippen LogP contribution < -0.4 is 4.99 Å². The number of rotatable bonds is 0. The fourth-order valence-corrected chi connectivity index (χ4v) is 1.10. The summed E-state index contributed by atoms with van der Waals surface area (Å²) in [7, 11) is 0. The maximum absolute atomic E-state index is 4.12. The monoisotopic (exact) mass is 101 g/mol. The topological polar surface area (TPSA) is 14.1 Å². The molecule has 1 rings (SSSR count). The highest BCUT2D eigenvalue weighted by Crippen LogP contribution is 2.03. The van der Waals surface area contributed by atoms with E-state index in [4.69, 9.17) is 0 Å². The second kappa shape index (κ2) is 1.65. The molecule has 2 heteroatoms. The highest BCUT2D eigenvalue weighted by molar-refractivity contribution is 8.14. The van der Waals surface area contributed by atoms with E-state index in [1.807, 2.05) is 11.8 Å². The van der Waals surface area contributed by atoms with Gasteiger partial charge in [-0.1, -0.05) is 0 Å². The van der Waals surface area contributed by atoms with Gasteiger partial charge in [0.2, 0.25) is 6.54 Å². The summed E-state index contributed by atoms with van der Waals surface area (Å²) in [5.74, 6) is 1.20. The average molecular weight is 101 g/mol. The van der Waals surface area contributed by atoms with E-state index in [0.29, 0.717) is 0 Å². The predicted octanol–water partition coefficient (Wildman–Crippen LogP) is 0.487. The molecule has 1 aliphatic heterocycles. The van der Waals surface area contributed by atoms with Crippen LogP contribution in [-0.2, 0) is 0 Å². The van der Waals surface area contributed by atoms with E-state index >= 15 is 0 Å². The average Bonchev–Trinajstić information content (AvgIpc) is 1.86. The quantitative estimate of drug-likeness (QED) is 0.433. The molecule has 0 saturated carbocycles. The third-order valence-electron chi connectivity index (χ3n) is 0.737. The minimum atomic E-state index is 1.04. The van der Waals surface area contributed by atoms with Gasteiger partial charge in [-0.3, -0.25) is 0 Å². The largest absolute Gasteiger partial charge is 0.277 e. The highest BCUT2D eigenvalue weighted by Gasteiger charge is 2.11. The molecule has 0 aromatic rings. The lowest BCUT2D eigenvalue weighted by molar-refractivity contribution is 1.06. The summed E-state index contributed by atoms with van der Waals surface area (Å²) in [5, 5.41) is 1.25. The zero-order chi connectivity index (χ0) is 4.41. The number of hydrogen-bond acceptors (Lipinski definition) is 2. The highest BCUT2D eigenvalue weighted by atomic mass is 32.2. The van der Waals surface area contributed by atoms with Gasteiger partial charge in [0.05, 0.1) is 5.75 Å². The minimum Gasteiger partial charge on any atom is -0.0492 e. The van der Waals surface area contributed by atoms with Gasteiger partial charge >= 0.3 is 0 Å². The minimum absolute atomic E-state index is 1.04. The van der Waals surface area contributed by atoms with Crippen molar-refractivity contribution in [1.82, 2.24) is 4.99 Å². The van der Waals surface area contributed by atoms with E-state index in [1.54, 1.807) is 0 Å². The fraction of sp³-hybridized carbons (Fsp3) is 0.750. The van der Waals surface area contributed by atoms with Gasteiger partial charge in [0.1, 0.15) is 0 Å². The van der Waals surface area contributed by atoms with Crippen molar-refractivity contribution < 1.29 is 0 Å². The molecule has 1 heterocycles. The van der Waals surface area contributed by atoms with Gasteiger partial charge in [0.15, 0.2) is 0 Å². The SMILES string of the molecule is CC1=[N+]CCS1.